The molecular weight excluding hydrogens is 220 g/mol. The highest BCUT2D eigenvalue weighted by Crippen LogP contribution is 2.33. The maximum atomic E-state index is 13.6. The third kappa shape index (κ3) is 2.83. The fourth-order valence-corrected chi connectivity index (χ4v) is 2.39. The van der Waals surface area contributed by atoms with Crippen molar-refractivity contribution in [1.29, 1.82) is 0 Å². The molecule has 1 N–H and O–H groups in total. The van der Waals surface area contributed by atoms with Gasteiger partial charge in [-0.15, -0.1) is 0 Å². The van der Waals surface area contributed by atoms with Crippen LogP contribution in [-0.4, -0.2) is 6.54 Å². The van der Waals surface area contributed by atoms with Crippen molar-refractivity contribution >= 4 is 0 Å². The number of alkyl halides is 2. The van der Waals surface area contributed by atoms with Gasteiger partial charge in [-0.25, -0.2) is 8.78 Å². The summed E-state index contributed by atoms with van der Waals surface area (Å²) in [6.45, 7) is 2.81. The van der Waals surface area contributed by atoms with Gasteiger partial charge in [0, 0.05) is 18.0 Å². The van der Waals surface area contributed by atoms with E-state index in [1.165, 1.54) is 6.42 Å². The topological polar surface area (TPSA) is 12.0 Å². The van der Waals surface area contributed by atoms with E-state index in [1.807, 2.05) is 12.1 Å². The molecule has 0 spiro atoms. The predicted molar refractivity (Wildman–Crippen MR) is 65.2 cm³/mol. The molecule has 0 amide bonds. The van der Waals surface area contributed by atoms with E-state index in [4.69, 9.17) is 0 Å². The molecule has 1 atom stereocenters. The van der Waals surface area contributed by atoms with Crippen molar-refractivity contribution in [2.45, 2.75) is 44.6 Å². The molecule has 2 rings (SSSR count). The first-order chi connectivity index (χ1) is 8.13. The molecule has 0 aromatic heterocycles. The Labute approximate surface area is 101 Å². The fourth-order valence-electron chi connectivity index (χ4n) is 2.39. The average molecular weight is 239 g/mol. The van der Waals surface area contributed by atoms with Gasteiger partial charge in [0.2, 0.25) is 0 Å². The van der Waals surface area contributed by atoms with Crippen LogP contribution in [0.5, 0.6) is 0 Å². The normalized spacial score (nSPS) is 20.8. The van der Waals surface area contributed by atoms with E-state index in [9.17, 15) is 8.78 Å². The molecule has 1 aromatic rings. The van der Waals surface area contributed by atoms with E-state index < -0.39 is 5.92 Å². The molecule has 17 heavy (non-hydrogen) atoms. The van der Waals surface area contributed by atoms with Crippen LogP contribution in [0.2, 0.25) is 0 Å². The second-order valence-corrected chi connectivity index (χ2v) is 4.73. The highest BCUT2D eigenvalue weighted by Gasteiger charge is 2.30. The quantitative estimate of drug-likeness (QED) is 0.837. The van der Waals surface area contributed by atoms with Crippen molar-refractivity contribution in [1.82, 2.24) is 5.32 Å². The van der Waals surface area contributed by atoms with Crippen LogP contribution in [0, 0.1) is 0 Å². The summed E-state index contributed by atoms with van der Waals surface area (Å²) in [4.78, 5) is 0. The first kappa shape index (κ1) is 12.5. The maximum Gasteiger partial charge on any atom is 0.273 e. The molecule has 0 bridgehead atoms. The van der Waals surface area contributed by atoms with E-state index in [-0.39, 0.29) is 12.0 Å². The summed E-state index contributed by atoms with van der Waals surface area (Å²) in [6.07, 6.45) is 2.69. The highest BCUT2D eigenvalue weighted by atomic mass is 19.3. The molecule has 0 aliphatic carbocycles. The minimum atomic E-state index is -2.68. The lowest BCUT2D eigenvalue weighted by Gasteiger charge is -2.17. The molecule has 1 heterocycles. The van der Waals surface area contributed by atoms with Crippen LogP contribution in [-0.2, 0) is 5.92 Å². The largest absolute Gasteiger partial charge is 0.310 e. The molecule has 1 saturated heterocycles. The first-order valence-electron chi connectivity index (χ1n) is 6.35. The number of nitrogens with one attached hydrogen (secondary N) is 1. The van der Waals surface area contributed by atoms with Gasteiger partial charge in [0.25, 0.3) is 5.92 Å². The third-order valence-corrected chi connectivity index (χ3v) is 3.36. The molecule has 1 fully saturated rings. The van der Waals surface area contributed by atoms with Gasteiger partial charge in [-0.1, -0.05) is 37.6 Å². The Morgan fingerprint density at radius 1 is 1.29 bits per heavy atom. The number of rotatable bonds is 4. The van der Waals surface area contributed by atoms with Gasteiger partial charge in [0.15, 0.2) is 0 Å². The van der Waals surface area contributed by atoms with E-state index in [1.54, 1.807) is 19.1 Å². The highest BCUT2D eigenvalue weighted by molar-refractivity contribution is 5.28. The van der Waals surface area contributed by atoms with Crippen molar-refractivity contribution in [2.75, 3.05) is 6.54 Å². The molecule has 1 nitrogen and oxygen atoms in total. The van der Waals surface area contributed by atoms with Gasteiger partial charge in [0.05, 0.1) is 0 Å². The number of hydrogen-bond donors (Lipinski definition) is 1. The molecular formula is C14H19F2N. The Morgan fingerprint density at radius 2 is 2.00 bits per heavy atom. The van der Waals surface area contributed by atoms with Crippen molar-refractivity contribution in [3.05, 3.63) is 35.4 Å². The van der Waals surface area contributed by atoms with Crippen molar-refractivity contribution in [2.24, 2.45) is 0 Å². The Hall–Kier alpha value is -0.960. The molecule has 1 aromatic carbocycles. The van der Waals surface area contributed by atoms with E-state index in [0.29, 0.717) is 12.5 Å². The zero-order valence-electron chi connectivity index (χ0n) is 10.2. The lowest BCUT2D eigenvalue weighted by atomic mass is 9.99. The van der Waals surface area contributed by atoms with Gasteiger partial charge in [0.1, 0.15) is 0 Å². The number of benzene rings is 1. The lowest BCUT2D eigenvalue weighted by molar-refractivity contribution is -0.0140. The summed E-state index contributed by atoms with van der Waals surface area (Å²) in [5, 5.41) is 3.37. The molecule has 1 aliphatic heterocycles. The number of halogens is 2. The van der Waals surface area contributed by atoms with E-state index in [0.717, 1.165) is 18.5 Å². The minimum absolute atomic E-state index is 0.0754. The molecule has 3 heteroatoms. The van der Waals surface area contributed by atoms with Crippen molar-refractivity contribution in [3.8, 4) is 0 Å². The SMILES string of the molecule is CCCC(F)(F)c1ccc(C2CCCN2)cc1. The summed E-state index contributed by atoms with van der Waals surface area (Å²) in [6, 6.07) is 7.17. The monoisotopic (exact) mass is 239 g/mol. The second kappa shape index (κ2) is 5.13. The van der Waals surface area contributed by atoms with Crippen LogP contribution < -0.4 is 5.32 Å². The lowest BCUT2D eigenvalue weighted by Crippen LogP contribution is -2.15. The van der Waals surface area contributed by atoms with E-state index >= 15 is 0 Å². The summed E-state index contributed by atoms with van der Waals surface area (Å²) >= 11 is 0. The number of hydrogen-bond acceptors (Lipinski definition) is 1. The summed E-state index contributed by atoms with van der Waals surface area (Å²) < 4.78 is 27.3. The Morgan fingerprint density at radius 3 is 2.53 bits per heavy atom. The molecule has 1 aliphatic rings. The smallest absolute Gasteiger partial charge is 0.273 e. The second-order valence-electron chi connectivity index (χ2n) is 4.73. The maximum absolute atomic E-state index is 13.6. The first-order valence-corrected chi connectivity index (χ1v) is 6.35. The van der Waals surface area contributed by atoms with Gasteiger partial charge in [-0.05, 0) is 24.9 Å². The van der Waals surface area contributed by atoms with Crippen LogP contribution in [0.1, 0.15) is 49.8 Å². The third-order valence-electron chi connectivity index (χ3n) is 3.36. The van der Waals surface area contributed by atoms with Gasteiger partial charge >= 0.3 is 0 Å². The fraction of sp³-hybridized carbons (Fsp3) is 0.571. The predicted octanol–water partition coefficient (Wildman–Crippen LogP) is 4.00. The molecule has 1 unspecified atom stereocenters. The van der Waals surface area contributed by atoms with Crippen molar-refractivity contribution < 1.29 is 8.78 Å². The average Bonchev–Trinajstić information content (AvgIpc) is 2.82. The Kier molecular flexibility index (Phi) is 3.77. The molecule has 0 saturated carbocycles. The summed E-state index contributed by atoms with van der Waals surface area (Å²) in [5.74, 6) is -2.68. The Balaban J connectivity index is 2.12. The summed E-state index contributed by atoms with van der Waals surface area (Å²) in [7, 11) is 0. The van der Waals surface area contributed by atoms with Crippen LogP contribution >= 0.6 is 0 Å². The Bertz CT molecular complexity index is 353. The molecule has 0 radical (unpaired) electrons. The zero-order valence-corrected chi connectivity index (χ0v) is 10.2. The van der Waals surface area contributed by atoms with Crippen LogP contribution in [0.4, 0.5) is 8.78 Å². The molecule has 94 valence electrons. The van der Waals surface area contributed by atoms with Crippen LogP contribution in [0.25, 0.3) is 0 Å². The zero-order chi connectivity index (χ0) is 12.3. The van der Waals surface area contributed by atoms with Gasteiger partial charge in [-0.3, -0.25) is 0 Å². The van der Waals surface area contributed by atoms with Crippen LogP contribution in [0.15, 0.2) is 24.3 Å². The van der Waals surface area contributed by atoms with Gasteiger partial charge in [-0.2, -0.15) is 0 Å². The summed E-state index contributed by atoms with van der Waals surface area (Å²) in [5.41, 5.74) is 1.26. The van der Waals surface area contributed by atoms with Gasteiger partial charge < -0.3 is 5.32 Å². The standard InChI is InChI=1S/C14H19F2N/c1-2-9-14(15,16)12-7-5-11(6-8-12)13-4-3-10-17-13/h5-8,13,17H,2-4,9-10H2,1H3. The minimum Gasteiger partial charge on any atom is -0.310 e. The van der Waals surface area contributed by atoms with Crippen LogP contribution in [0.3, 0.4) is 0 Å². The van der Waals surface area contributed by atoms with Crippen molar-refractivity contribution in [3.63, 3.8) is 0 Å². The van der Waals surface area contributed by atoms with E-state index in [2.05, 4.69) is 5.32 Å².